The van der Waals surface area contributed by atoms with Crippen LogP contribution in [0, 0.1) is 0 Å². The zero-order chi connectivity index (χ0) is 20.6. The van der Waals surface area contributed by atoms with Crippen LogP contribution in [0.2, 0.25) is 0 Å². The van der Waals surface area contributed by atoms with E-state index in [-0.39, 0.29) is 18.4 Å². The van der Waals surface area contributed by atoms with E-state index in [4.69, 9.17) is 5.73 Å². The summed E-state index contributed by atoms with van der Waals surface area (Å²) in [4.78, 5) is 24.4. The van der Waals surface area contributed by atoms with Crippen molar-refractivity contribution in [2.75, 3.05) is 0 Å². The van der Waals surface area contributed by atoms with Crippen molar-refractivity contribution in [1.82, 2.24) is 10.6 Å². The van der Waals surface area contributed by atoms with Gasteiger partial charge in [-0.15, -0.1) is 0 Å². The number of amides is 3. The molecule has 0 saturated heterocycles. The van der Waals surface area contributed by atoms with Crippen LogP contribution in [0.1, 0.15) is 35.2 Å². The van der Waals surface area contributed by atoms with Crippen molar-refractivity contribution in [2.45, 2.75) is 18.5 Å². The number of benzene rings is 3. The highest BCUT2D eigenvalue weighted by Crippen LogP contribution is 2.24. The number of hydrogen-bond acceptors (Lipinski definition) is 2. The third kappa shape index (κ3) is 5.93. The van der Waals surface area contributed by atoms with Crippen molar-refractivity contribution in [2.24, 2.45) is 5.73 Å². The van der Waals surface area contributed by atoms with Gasteiger partial charge in [0.1, 0.15) is 0 Å². The zero-order valence-electron chi connectivity index (χ0n) is 15.7. The number of halogens is 1. The summed E-state index contributed by atoms with van der Waals surface area (Å²) in [6, 6.07) is 25.5. The second-order valence-corrected chi connectivity index (χ2v) is 7.56. The van der Waals surface area contributed by atoms with Gasteiger partial charge in [-0.2, -0.15) is 0 Å². The Balaban J connectivity index is 1.82. The Hall–Kier alpha value is -3.12. The van der Waals surface area contributed by atoms with Crippen LogP contribution in [0.4, 0.5) is 4.79 Å². The molecule has 0 radical (unpaired) electrons. The molecule has 0 fully saturated rings. The fourth-order valence-electron chi connectivity index (χ4n) is 3.20. The molecule has 3 aromatic carbocycles. The Morgan fingerprint density at radius 2 is 1.34 bits per heavy atom. The summed E-state index contributed by atoms with van der Waals surface area (Å²) in [5, 5.41) is 5.76. The van der Waals surface area contributed by atoms with Crippen molar-refractivity contribution in [1.29, 1.82) is 0 Å². The summed E-state index contributed by atoms with van der Waals surface area (Å²) in [7, 11) is 0. The van der Waals surface area contributed by atoms with E-state index in [1.165, 1.54) is 0 Å². The first-order valence-corrected chi connectivity index (χ1v) is 10.0. The molecule has 0 heterocycles. The van der Waals surface area contributed by atoms with E-state index in [9.17, 15) is 9.59 Å². The number of rotatable bonds is 7. The van der Waals surface area contributed by atoms with Gasteiger partial charge < -0.3 is 16.4 Å². The monoisotopic (exact) mass is 451 g/mol. The van der Waals surface area contributed by atoms with Crippen LogP contribution in [0.25, 0.3) is 0 Å². The van der Waals surface area contributed by atoms with E-state index >= 15 is 0 Å². The first kappa shape index (κ1) is 20.6. The molecular formula is C23H22BrN3O2. The number of carbonyl (C=O) groups is 2. The normalized spacial score (nSPS) is 11.7. The molecule has 0 aliphatic heterocycles. The van der Waals surface area contributed by atoms with Gasteiger partial charge in [0, 0.05) is 4.47 Å². The van der Waals surface area contributed by atoms with E-state index in [2.05, 4.69) is 26.6 Å². The van der Waals surface area contributed by atoms with Crippen LogP contribution in [0.3, 0.4) is 0 Å². The van der Waals surface area contributed by atoms with E-state index < -0.39 is 12.1 Å². The van der Waals surface area contributed by atoms with Gasteiger partial charge in [0.15, 0.2) is 0 Å². The summed E-state index contributed by atoms with van der Waals surface area (Å²) in [5.41, 5.74) is 8.09. The third-order valence-corrected chi connectivity index (χ3v) is 5.02. The first-order chi connectivity index (χ1) is 14.0. The lowest BCUT2D eigenvalue weighted by molar-refractivity contribution is -0.122. The Morgan fingerprint density at radius 3 is 1.86 bits per heavy atom. The van der Waals surface area contributed by atoms with Gasteiger partial charge in [0.05, 0.1) is 18.5 Å². The molecule has 0 aromatic heterocycles. The predicted molar refractivity (Wildman–Crippen MR) is 117 cm³/mol. The minimum Gasteiger partial charge on any atom is -0.352 e. The molecule has 0 aliphatic carbocycles. The van der Waals surface area contributed by atoms with Crippen molar-refractivity contribution in [3.63, 3.8) is 0 Å². The minimum absolute atomic E-state index is 0.0650. The number of nitrogens with one attached hydrogen (secondary N) is 2. The van der Waals surface area contributed by atoms with Crippen molar-refractivity contribution >= 4 is 27.9 Å². The Labute approximate surface area is 178 Å². The van der Waals surface area contributed by atoms with Gasteiger partial charge in [0.25, 0.3) is 0 Å². The summed E-state index contributed by atoms with van der Waals surface area (Å²) >= 11 is 3.42. The van der Waals surface area contributed by atoms with E-state index in [0.29, 0.717) is 0 Å². The van der Waals surface area contributed by atoms with Gasteiger partial charge in [-0.3, -0.25) is 4.79 Å². The molecule has 5 nitrogen and oxygen atoms in total. The van der Waals surface area contributed by atoms with E-state index in [1.807, 2.05) is 84.9 Å². The number of primary amides is 1. The lowest BCUT2D eigenvalue weighted by atomic mass is 9.97. The number of hydrogen-bond donors (Lipinski definition) is 3. The second-order valence-electron chi connectivity index (χ2n) is 6.64. The number of urea groups is 1. The van der Waals surface area contributed by atoms with Crippen LogP contribution >= 0.6 is 15.9 Å². The molecule has 0 saturated carbocycles. The molecule has 4 N–H and O–H groups in total. The largest absolute Gasteiger partial charge is 0.352 e. The van der Waals surface area contributed by atoms with Crippen molar-refractivity contribution < 1.29 is 9.59 Å². The summed E-state index contributed by atoms with van der Waals surface area (Å²) in [6.45, 7) is 0. The lowest BCUT2D eigenvalue weighted by Crippen LogP contribution is -2.37. The van der Waals surface area contributed by atoms with Crippen LogP contribution in [0.5, 0.6) is 0 Å². The highest BCUT2D eigenvalue weighted by atomic mass is 79.9. The van der Waals surface area contributed by atoms with Gasteiger partial charge in [-0.05, 0) is 28.8 Å². The molecule has 29 heavy (non-hydrogen) atoms. The maximum Gasteiger partial charge on any atom is 0.312 e. The van der Waals surface area contributed by atoms with Gasteiger partial charge in [0.2, 0.25) is 5.91 Å². The smallest absolute Gasteiger partial charge is 0.312 e. The summed E-state index contributed by atoms with van der Waals surface area (Å²) in [6.07, 6.45) is 0.0650. The molecule has 3 rings (SSSR count). The molecule has 148 valence electrons. The molecule has 0 unspecified atom stereocenters. The number of carbonyl (C=O) groups excluding carboxylic acids is 2. The molecule has 0 bridgehead atoms. The molecule has 0 spiro atoms. The highest BCUT2D eigenvalue weighted by Gasteiger charge is 2.21. The molecule has 1 atom stereocenters. The topological polar surface area (TPSA) is 84.2 Å². The second kappa shape index (κ2) is 9.89. The molecular weight excluding hydrogens is 430 g/mol. The quantitative estimate of drug-likeness (QED) is 0.495. The highest BCUT2D eigenvalue weighted by molar-refractivity contribution is 9.10. The molecule has 6 heteroatoms. The Morgan fingerprint density at radius 1 is 0.793 bits per heavy atom. The summed E-state index contributed by atoms with van der Waals surface area (Å²) < 4.78 is 0.859. The maximum atomic E-state index is 12.9. The number of nitrogens with two attached hydrogens (primary N) is 1. The van der Waals surface area contributed by atoms with Crippen LogP contribution in [-0.2, 0) is 4.79 Å². The lowest BCUT2D eigenvalue weighted by Gasteiger charge is -2.23. The SMILES string of the molecule is NC(=O)N[C@H](CC(=O)NC(c1ccccc1)c1ccccc1)c1cccc(Br)c1. The van der Waals surface area contributed by atoms with E-state index in [1.54, 1.807) is 0 Å². The van der Waals surface area contributed by atoms with Crippen molar-refractivity contribution in [3.05, 3.63) is 106 Å². The van der Waals surface area contributed by atoms with Gasteiger partial charge >= 0.3 is 6.03 Å². The molecule has 0 aliphatic rings. The maximum absolute atomic E-state index is 12.9. The first-order valence-electron chi connectivity index (χ1n) is 9.23. The zero-order valence-corrected chi connectivity index (χ0v) is 17.3. The summed E-state index contributed by atoms with van der Waals surface area (Å²) in [5.74, 6) is -0.193. The fraction of sp³-hybridized carbons (Fsp3) is 0.130. The van der Waals surface area contributed by atoms with E-state index in [0.717, 1.165) is 21.2 Å². The molecule has 3 aromatic rings. The third-order valence-electron chi connectivity index (χ3n) is 4.53. The van der Waals surface area contributed by atoms with Crippen LogP contribution in [0.15, 0.2) is 89.4 Å². The van der Waals surface area contributed by atoms with Gasteiger partial charge in [-0.25, -0.2) is 4.79 Å². The fourth-order valence-corrected chi connectivity index (χ4v) is 3.62. The molecule has 3 amide bonds. The van der Waals surface area contributed by atoms with Gasteiger partial charge in [-0.1, -0.05) is 88.7 Å². The standard InChI is InChI=1S/C23H22BrN3O2/c24-19-13-7-12-18(14-19)20(26-23(25)29)15-21(28)27-22(16-8-3-1-4-9-16)17-10-5-2-6-11-17/h1-14,20,22H,15H2,(H,27,28)(H3,25,26,29)/t20-/m1/s1. The average molecular weight is 452 g/mol. The Kier molecular flexibility index (Phi) is 7.03. The average Bonchev–Trinajstić information content (AvgIpc) is 2.72. The minimum atomic E-state index is -0.676. The van der Waals surface area contributed by atoms with Crippen LogP contribution < -0.4 is 16.4 Å². The van der Waals surface area contributed by atoms with Crippen molar-refractivity contribution in [3.8, 4) is 0 Å². The predicted octanol–water partition coefficient (Wildman–Crippen LogP) is 4.45. The van der Waals surface area contributed by atoms with Crippen LogP contribution in [-0.4, -0.2) is 11.9 Å². The Bertz CT molecular complexity index is 925.